The zero-order valence-corrected chi connectivity index (χ0v) is 11.6. The highest BCUT2D eigenvalue weighted by Crippen LogP contribution is 2.28. The van der Waals surface area contributed by atoms with Crippen LogP contribution in [0.25, 0.3) is 0 Å². The Morgan fingerprint density at radius 3 is 2.94 bits per heavy atom. The number of hydrogen-bond acceptors (Lipinski definition) is 4. The van der Waals surface area contributed by atoms with Crippen LogP contribution >= 0.6 is 0 Å². The SMILES string of the molecule is CCNCC(Cc1ccco1)C1CCS(=O)(=O)C1. The summed E-state index contributed by atoms with van der Waals surface area (Å²) in [7, 11) is -2.80. The molecule has 0 radical (unpaired) electrons. The highest BCUT2D eigenvalue weighted by Gasteiger charge is 2.33. The Labute approximate surface area is 109 Å². The van der Waals surface area contributed by atoms with Crippen molar-refractivity contribution in [2.45, 2.75) is 19.8 Å². The quantitative estimate of drug-likeness (QED) is 0.851. The largest absolute Gasteiger partial charge is 0.469 e. The Morgan fingerprint density at radius 2 is 2.39 bits per heavy atom. The van der Waals surface area contributed by atoms with Crippen molar-refractivity contribution in [3.05, 3.63) is 24.2 Å². The molecule has 0 aliphatic carbocycles. The van der Waals surface area contributed by atoms with Gasteiger partial charge in [-0.2, -0.15) is 0 Å². The van der Waals surface area contributed by atoms with Crippen LogP contribution in [-0.4, -0.2) is 33.0 Å². The molecule has 1 aliphatic rings. The lowest BCUT2D eigenvalue weighted by molar-refractivity contribution is 0.323. The summed E-state index contributed by atoms with van der Waals surface area (Å²) in [4.78, 5) is 0. The van der Waals surface area contributed by atoms with Gasteiger partial charge in [0.25, 0.3) is 0 Å². The lowest BCUT2D eigenvalue weighted by atomic mass is 9.88. The molecule has 2 rings (SSSR count). The van der Waals surface area contributed by atoms with E-state index in [1.807, 2.05) is 12.1 Å². The van der Waals surface area contributed by atoms with Crippen LogP contribution in [0.4, 0.5) is 0 Å². The Balaban J connectivity index is 2.01. The number of rotatable bonds is 6. The van der Waals surface area contributed by atoms with Crippen molar-refractivity contribution in [3.8, 4) is 0 Å². The summed E-state index contributed by atoms with van der Waals surface area (Å²) in [5.74, 6) is 2.23. The van der Waals surface area contributed by atoms with E-state index >= 15 is 0 Å². The molecule has 1 aliphatic heterocycles. The first-order chi connectivity index (χ1) is 8.61. The fourth-order valence-electron chi connectivity index (χ4n) is 2.62. The van der Waals surface area contributed by atoms with E-state index in [0.29, 0.717) is 17.4 Å². The standard InChI is InChI=1S/C13H21NO3S/c1-2-14-9-12(8-13-4-3-6-17-13)11-5-7-18(15,16)10-11/h3-4,6,11-12,14H,2,5,7-10H2,1H3. The van der Waals surface area contributed by atoms with E-state index in [2.05, 4.69) is 12.2 Å². The van der Waals surface area contributed by atoms with Crippen molar-refractivity contribution in [3.63, 3.8) is 0 Å². The Hall–Kier alpha value is -0.810. The number of nitrogens with one attached hydrogen (secondary N) is 1. The van der Waals surface area contributed by atoms with E-state index < -0.39 is 9.84 Å². The van der Waals surface area contributed by atoms with Crippen LogP contribution in [0.2, 0.25) is 0 Å². The lowest BCUT2D eigenvalue weighted by Crippen LogP contribution is -2.30. The average molecular weight is 271 g/mol. The second-order valence-electron chi connectivity index (χ2n) is 5.01. The Kier molecular flexibility index (Phi) is 4.45. The minimum absolute atomic E-state index is 0.263. The molecule has 2 unspecified atom stereocenters. The summed E-state index contributed by atoms with van der Waals surface area (Å²) >= 11 is 0. The molecule has 4 nitrogen and oxygen atoms in total. The highest BCUT2D eigenvalue weighted by molar-refractivity contribution is 7.91. The highest BCUT2D eigenvalue weighted by atomic mass is 32.2. The fraction of sp³-hybridized carbons (Fsp3) is 0.692. The van der Waals surface area contributed by atoms with Crippen molar-refractivity contribution in [1.82, 2.24) is 5.32 Å². The number of furan rings is 1. The fourth-order valence-corrected chi connectivity index (χ4v) is 4.54. The third-order valence-electron chi connectivity index (χ3n) is 3.63. The van der Waals surface area contributed by atoms with Gasteiger partial charge in [0.2, 0.25) is 0 Å². The van der Waals surface area contributed by atoms with Crippen LogP contribution in [-0.2, 0) is 16.3 Å². The number of hydrogen-bond donors (Lipinski definition) is 1. The third-order valence-corrected chi connectivity index (χ3v) is 5.43. The van der Waals surface area contributed by atoms with Gasteiger partial charge in [-0.15, -0.1) is 0 Å². The minimum Gasteiger partial charge on any atom is -0.469 e. The molecule has 1 saturated heterocycles. The average Bonchev–Trinajstić information content (AvgIpc) is 2.93. The van der Waals surface area contributed by atoms with Crippen LogP contribution < -0.4 is 5.32 Å². The molecule has 1 N–H and O–H groups in total. The van der Waals surface area contributed by atoms with Gasteiger partial charge in [-0.1, -0.05) is 6.92 Å². The maximum Gasteiger partial charge on any atom is 0.150 e. The third kappa shape index (κ3) is 3.59. The summed E-state index contributed by atoms with van der Waals surface area (Å²) in [5.41, 5.74) is 0. The zero-order chi connectivity index (χ0) is 13.0. The maximum atomic E-state index is 11.6. The van der Waals surface area contributed by atoms with E-state index in [4.69, 9.17) is 4.42 Å². The van der Waals surface area contributed by atoms with Crippen LogP contribution in [0.15, 0.2) is 22.8 Å². The topological polar surface area (TPSA) is 59.3 Å². The first-order valence-electron chi connectivity index (χ1n) is 6.54. The van der Waals surface area contributed by atoms with Gasteiger partial charge in [0.15, 0.2) is 9.84 Å². The van der Waals surface area contributed by atoms with Gasteiger partial charge in [-0.05, 0) is 43.5 Å². The summed E-state index contributed by atoms with van der Waals surface area (Å²) < 4.78 is 28.5. The van der Waals surface area contributed by atoms with Crippen molar-refractivity contribution in [1.29, 1.82) is 0 Å². The molecule has 0 saturated carbocycles. The number of sulfone groups is 1. The summed E-state index contributed by atoms with van der Waals surface area (Å²) in [6.45, 7) is 3.83. The molecular weight excluding hydrogens is 250 g/mol. The molecule has 5 heteroatoms. The van der Waals surface area contributed by atoms with Crippen LogP contribution in [0.5, 0.6) is 0 Å². The first-order valence-corrected chi connectivity index (χ1v) is 8.36. The van der Waals surface area contributed by atoms with Crippen molar-refractivity contribution in [2.24, 2.45) is 11.8 Å². The van der Waals surface area contributed by atoms with Gasteiger partial charge < -0.3 is 9.73 Å². The first kappa shape index (κ1) is 13.6. The van der Waals surface area contributed by atoms with Gasteiger partial charge in [0, 0.05) is 6.42 Å². The van der Waals surface area contributed by atoms with Crippen molar-refractivity contribution < 1.29 is 12.8 Å². The lowest BCUT2D eigenvalue weighted by Gasteiger charge is -2.21. The predicted octanol–water partition coefficient (Wildman–Crippen LogP) is 1.48. The normalized spacial score (nSPS) is 24.2. The van der Waals surface area contributed by atoms with E-state index in [-0.39, 0.29) is 5.92 Å². The molecular formula is C13H21NO3S. The molecule has 102 valence electrons. The smallest absolute Gasteiger partial charge is 0.150 e. The molecule has 2 heterocycles. The van der Waals surface area contributed by atoms with E-state index in [1.165, 1.54) is 0 Å². The molecule has 18 heavy (non-hydrogen) atoms. The van der Waals surface area contributed by atoms with Crippen molar-refractivity contribution in [2.75, 3.05) is 24.6 Å². The molecule has 1 aromatic heterocycles. The summed E-state index contributed by atoms with van der Waals surface area (Å²) in [5, 5.41) is 3.33. The van der Waals surface area contributed by atoms with E-state index in [9.17, 15) is 8.42 Å². The monoisotopic (exact) mass is 271 g/mol. The van der Waals surface area contributed by atoms with Gasteiger partial charge in [0.1, 0.15) is 5.76 Å². The molecule has 0 bridgehead atoms. The van der Waals surface area contributed by atoms with E-state index in [0.717, 1.165) is 31.7 Å². The molecule has 0 spiro atoms. The van der Waals surface area contributed by atoms with Crippen LogP contribution in [0.3, 0.4) is 0 Å². The second kappa shape index (κ2) is 5.89. The zero-order valence-electron chi connectivity index (χ0n) is 10.8. The Morgan fingerprint density at radius 1 is 1.56 bits per heavy atom. The molecule has 2 atom stereocenters. The van der Waals surface area contributed by atoms with Gasteiger partial charge in [-0.3, -0.25) is 0 Å². The maximum absolute atomic E-state index is 11.6. The second-order valence-corrected chi connectivity index (χ2v) is 7.24. The summed E-state index contributed by atoms with van der Waals surface area (Å²) in [6.07, 6.45) is 3.28. The molecule has 1 aromatic rings. The minimum atomic E-state index is -2.80. The van der Waals surface area contributed by atoms with Gasteiger partial charge in [0.05, 0.1) is 17.8 Å². The van der Waals surface area contributed by atoms with Gasteiger partial charge >= 0.3 is 0 Å². The van der Waals surface area contributed by atoms with E-state index in [1.54, 1.807) is 6.26 Å². The summed E-state index contributed by atoms with van der Waals surface area (Å²) in [6, 6.07) is 3.84. The van der Waals surface area contributed by atoms with Crippen LogP contribution in [0, 0.1) is 11.8 Å². The van der Waals surface area contributed by atoms with Crippen LogP contribution in [0.1, 0.15) is 19.1 Å². The van der Waals surface area contributed by atoms with Gasteiger partial charge in [-0.25, -0.2) is 8.42 Å². The molecule has 0 aromatic carbocycles. The predicted molar refractivity (Wildman–Crippen MR) is 71.2 cm³/mol. The molecule has 1 fully saturated rings. The Bertz CT molecular complexity index is 453. The van der Waals surface area contributed by atoms with Crippen molar-refractivity contribution >= 4 is 9.84 Å². The molecule has 0 amide bonds.